The van der Waals surface area contributed by atoms with Crippen molar-refractivity contribution >= 4 is 5.91 Å². The van der Waals surface area contributed by atoms with E-state index in [1.54, 1.807) is 6.07 Å². The molecule has 2 N–H and O–H groups in total. The molecule has 0 spiro atoms. The molecule has 0 atom stereocenters. The molecule has 6 heteroatoms. The van der Waals surface area contributed by atoms with Crippen LogP contribution < -0.4 is 5.73 Å². The molecule has 1 amide bonds. The highest BCUT2D eigenvalue weighted by Gasteiger charge is 2.34. The van der Waals surface area contributed by atoms with E-state index in [1.165, 1.54) is 6.07 Å². The van der Waals surface area contributed by atoms with E-state index in [9.17, 15) is 18.0 Å². The van der Waals surface area contributed by atoms with Gasteiger partial charge in [-0.3, -0.25) is 4.79 Å². The summed E-state index contributed by atoms with van der Waals surface area (Å²) in [6, 6.07) is 5.06. The molecule has 114 valence electrons. The summed E-state index contributed by atoms with van der Waals surface area (Å²) in [5.41, 5.74) is 5.30. The molecular weight excluding hydrogens is 283 g/mol. The zero-order valence-electron chi connectivity index (χ0n) is 11.3. The molecule has 1 aliphatic carbocycles. The molecule has 1 aromatic rings. The second-order valence-electron chi connectivity index (χ2n) is 5.19. The smallest absolute Gasteiger partial charge is 0.373 e. The molecular formula is C15H16F3NO2. The monoisotopic (exact) mass is 299 g/mol. The van der Waals surface area contributed by atoms with Crippen LogP contribution >= 0.6 is 0 Å². The molecule has 0 aliphatic heterocycles. The third-order valence-corrected chi connectivity index (χ3v) is 3.64. The second kappa shape index (κ2) is 5.89. The van der Waals surface area contributed by atoms with Gasteiger partial charge in [-0.15, -0.1) is 0 Å². The fourth-order valence-electron chi connectivity index (χ4n) is 2.24. The first-order chi connectivity index (χ1) is 9.77. The van der Waals surface area contributed by atoms with Crippen molar-refractivity contribution in [1.29, 1.82) is 0 Å². The number of carbonyl (C=O) groups is 1. The highest BCUT2D eigenvalue weighted by molar-refractivity contribution is 5.91. The van der Waals surface area contributed by atoms with Crippen LogP contribution in [0, 0.1) is 5.92 Å². The maximum Gasteiger partial charge on any atom is 0.416 e. The fraction of sp³-hybridized carbons (Fsp3) is 0.400. The Labute approximate surface area is 120 Å². The van der Waals surface area contributed by atoms with Gasteiger partial charge in [-0.1, -0.05) is 18.7 Å². The second-order valence-corrected chi connectivity index (χ2v) is 5.19. The highest BCUT2D eigenvalue weighted by atomic mass is 19.4. The van der Waals surface area contributed by atoms with Gasteiger partial charge in [-0.05, 0) is 36.5 Å². The van der Waals surface area contributed by atoms with E-state index in [2.05, 4.69) is 6.58 Å². The number of amides is 1. The van der Waals surface area contributed by atoms with E-state index in [0.29, 0.717) is 24.0 Å². The number of nitrogens with two attached hydrogens (primary N) is 1. The maximum absolute atomic E-state index is 12.6. The Bertz CT molecular complexity index is 548. The third kappa shape index (κ3) is 3.85. The number of rotatable bonds is 5. The average Bonchev–Trinajstić information content (AvgIpc) is 2.35. The molecule has 3 nitrogen and oxygen atoms in total. The molecule has 1 aromatic carbocycles. The van der Waals surface area contributed by atoms with Crippen LogP contribution in [0.3, 0.4) is 0 Å². The fourth-order valence-corrected chi connectivity index (χ4v) is 2.24. The van der Waals surface area contributed by atoms with Crippen molar-refractivity contribution in [2.45, 2.75) is 31.7 Å². The van der Waals surface area contributed by atoms with E-state index in [1.807, 2.05) is 0 Å². The van der Waals surface area contributed by atoms with Crippen molar-refractivity contribution in [1.82, 2.24) is 0 Å². The van der Waals surface area contributed by atoms with Gasteiger partial charge >= 0.3 is 6.18 Å². The minimum Gasteiger partial charge on any atom is -0.373 e. The van der Waals surface area contributed by atoms with Crippen LogP contribution in [0.25, 0.3) is 0 Å². The predicted molar refractivity (Wildman–Crippen MR) is 71.1 cm³/mol. The van der Waals surface area contributed by atoms with Crippen LogP contribution in [0.15, 0.2) is 36.4 Å². The van der Waals surface area contributed by atoms with E-state index in [-0.39, 0.29) is 18.6 Å². The number of hydrogen-bond donors (Lipinski definition) is 1. The van der Waals surface area contributed by atoms with E-state index in [0.717, 1.165) is 12.1 Å². The lowest BCUT2D eigenvalue weighted by Crippen LogP contribution is -2.35. The molecule has 0 bridgehead atoms. The summed E-state index contributed by atoms with van der Waals surface area (Å²) in [5.74, 6) is -0.495. The van der Waals surface area contributed by atoms with E-state index in [4.69, 9.17) is 10.5 Å². The zero-order valence-corrected chi connectivity index (χ0v) is 11.3. The van der Waals surface area contributed by atoms with Crippen molar-refractivity contribution in [2.75, 3.05) is 0 Å². The van der Waals surface area contributed by atoms with Crippen LogP contribution in [-0.2, 0) is 22.3 Å². The van der Waals surface area contributed by atoms with Gasteiger partial charge in [-0.25, -0.2) is 0 Å². The minimum atomic E-state index is -4.35. The van der Waals surface area contributed by atoms with Gasteiger partial charge in [0.05, 0.1) is 18.3 Å². The third-order valence-electron chi connectivity index (χ3n) is 3.64. The summed E-state index contributed by atoms with van der Waals surface area (Å²) in [5, 5.41) is 0. The number of carbonyl (C=O) groups excluding carboxylic acids is 1. The van der Waals surface area contributed by atoms with Crippen LogP contribution in [0.4, 0.5) is 13.2 Å². The number of benzene rings is 1. The number of primary amides is 1. The van der Waals surface area contributed by atoms with Crippen molar-refractivity contribution in [3.63, 3.8) is 0 Å². The summed E-state index contributed by atoms with van der Waals surface area (Å²) >= 11 is 0. The van der Waals surface area contributed by atoms with Gasteiger partial charge in [0.1, 0.15) is 0 Å². The first-order valence-electron chi connectivity index (χ1n) is 6.53. The lowest BCUT2D eigenvalue weighted by atomic mass is 9.77. The molecule has 0 heterocycles. The van der Waals surface area contributed by atoms with Gasteiger partial charge in [-0.2, -0.15) is 13.2 Å². The van der Waals surface area contributed by atoms with Crippen molar-refractivity contribution < 1.29 is 22.7 Å². The quantitative estimate of drug-likeness (QED) is 0.850. The van der Waals surface area contributed by atoms with Gasteiger partial charge in [0, 0.05) is 5.57 Å². The largest absolute Gasteiger partial charge is 0.416 e. The average molecular weight is 299 g/mol. The number of halogens is 3. The van der Waals surface area contributed by atoms with Crippen molar-refractivity contribution in [2.24, 2.45) is 11.7 Å². The Kier molecular flexibility index (Phi) is 4.37. The van der Waals surface area contributed by atoms with Crippen LogP contribution in [-0.4, -0.2) is 12.0 Å². The normalized spacial score (nSPS) is 21.7. The molecule has 21 heavy (non-hydrogen) atoms. The minimum absolute atomic E-state index is 0.0222. The molecule has 1 fully saturated rings. The van der Waals surface area contributed by atoms with Gasteiger partial charge in [0.2, 0.25) is 5.91 Å². The molecule has 0 aromatic heterocycles. The molecule has 1 saturated carbocycles. The first kappa shape index (κ1) is 15.6. The summed E-state index contributed by atoms with van der Waals surface area (Å²) in [7, 11) is 0. The molecule has 0 unspecified atom stereocenters. The Morgan fingerprint density at radius 3 is 2.62 bits per heavy atom. The standard InChI is InChI=1S/C15H16F3NO2/c1-9(14(19)20)11-6-13(7-11)21-8-10-3-2-4-12(5-10)15(16,17)18/h2-5,11,13H,1,6-8H2,(H2,19,20). The predicted octanol–water partition coefficient (Wildman–Crippen LogP) is 3.04. The Morgan fingerprint density at radius 1 is 1.38 bits per heavy atom. The Hall–Kier alpha value is -1.82. The number of ether oxygens (including phenoxy) is 1. The summed E-state index contributed by atoms with van der Waals surface area (Å²) in [4.78, 5) is 10.9. The maximum atomic E-state index is 12.6. The van der Waals surface area contributed by atoms with Crippen LogP contribution in [0.5, 0.6) is 0 Å². The molecule has 2 rings (SSSR count). The lowest BCUT2D eigenvalue weighted by Gasteiger charge is -2.35. The lowest BCUT2D eigenvalue weighted by molar-refractivity contribution is -0.137. The molecule has 0 saturated heterocycles. The summed E-state index contributed by atoms with van der Waals surface area (Å²) in [6.07, 6.45) is -3.17. The SMILES string of the molecule is C=C(C(N)=O)C1CC(OCc2cccc(C(F)(F)F)c2)C1. The highest BCUT2D eigenvalue weighted by Crippen LogP contribution is 2.35. The first-order valence-corrected chi connectivity index (χ1v) is 6.53. The number of alkyl halides is 3. The van der Waals surface area contributed by atoms with Crippen LogP contribution in [0.2, 0.25) is 0 Å². The Balaban J connectivity index is 1.83. The van der Waals surface area contributed by atoms with E-state index >= 15 is 0 Å². The van der Waals surface area contributed by atoms with Gasteiger partial charge in [0.15, 0.2) is 0 Å². The van der Waals surface area contributed by atoms with Gasteiger partial charge in [0.25, 0.3) is 0 Å². The van der Waals surface area contributed by atoms with E-state index < -0.39 is 17.6 Å². The summed E-state index contributed by atoms with van der Waals surface area (Å²) in [6.45, 7) is 3.73. The molecule has 0 radical (unpaired) electrons. The number of hydrogen-bond acceptors (Lipinski definition) is 2. The van der Waals surface area contributed by atoms with Gasteiger partial charge < -0.3 is 10.5 Å². The Morgan fingerprint density at radius 2 is 2.05 bits per heavy atom. The van der Waals surface area contributed by atoms with Crippen LogP contribution in [0.1, 0.15) is 24.0 Å². The summed E-state index contributed by atoms with van der Waals surface area (Å²) < 4.78 is 43.2. The zero-order chi connectivity index (χ0) is 15.6. The van der Waals surface area contributed by atoms with Crippen molar-refractivity contribution in [3.8, 4) is 0 Å². The van der Waals surface area contributed by atoms with Crippen molar-refractivity contribution in [3.05, 3.63) is 47.5 Å². The molecule has 1 aliphatic rings. The topological polar surface area (TPSA) is 52.3 Å².